The highest BCUT2D eigenvalue weighted by atomic mass is 32.1. The molecule has 0 radical (unpaired) electrons. The third kappa shape index (κ3) is 3.33. The number of rotatable bonds is 4. The maximum absolute atomic E-state index is 5.10. The molecule has 118 valence electrons. The Labute approximate surface area is 133 Å². The average molecular weight is 308 g/mol. The number of likely N-dealkylation sites (tertiary alicyclic amines) is 1. The van der Waals surface area contributed by atoms with Crippen molar-refractivity contribution in [1.82, 2.24) is 15.2 Å². The predicted octanol–water partition coefficient (Wildman–Crippen LogP) is 3.33. The molecule has 0 amide bonds. The van der Waals surface area contributed by atoms with Gasteiger partial charge in [0.15, 0.2) is 0 Å². The van der Waals surface area contributed by atoms with Crippen molar-refractivity contribution >= 4 is 11.3 Å². The minimum absolute atomic E-state index is 0.142. The second kappa shape index (κ2) is 6.76. The van der Waals surface area contributed by atoms with E-state index >= 15 is 0 Å². The molecule has 1 aromatic heterocycles. The fourth-order valence-corrected chi connectivity index (χ4v) is 5.03. The van der Waals surface area contributed by atoms with Crippen LogP contribution in [-0.4, -0.2) is 36.6 Å². The van der Waals surface area contributed by atoms with Crippen molar-refractivity contribution in [2.45, 2.75) is 63.8 Å². The molecular formula is C17H29N3S. The molecule has 2 heterocycles. The second-order valence-corrected chi connectivity index (χ2v) is 7.85. The van der Waals surface area contributed by atoms with E-state index in [4.69, 9.17) is 4.98 Å². The lowest BCUT2D eigenvalue weighted by molar-refractivity contribution is 0.279. The molecule has 0 bridgehead atoms. The normalized spacial score (nSPS) is 27.3. The number of hydrogen-bond acceptors (Lipinski definition) is 4. The third-order valence-electron chi connectivity index (χ3n) is 5.03. The topological polar surface area (TPSA) is 28.2 Å². The van der Waals surface area contributed by atoms with Gasteiger partial charge in [0.2, 0.25) is 0 Å². The minimum atomic E-state index is 0.142. The number of hydrogen-bond donors (Lipinski definition) is 1. The number of nitrogens with one attached hydrogen (secondary N) is 1. The Morgan fingerprint density at radius 3 is 2.86 bits per heavy atom. The zero-order valence-electron chi connectivity index (χ0n) is 13.6. The molecule has 0 spiro atoms. The van der Waals surface area contributed by atoms with Gasteiger partial charge in [-0.05, 0) is 71.5 Å². The summed E-state index contributed by atoms with van der Waals surface area (Å²) in [5, 5.41) is 5.28. The standard InChI is InChI=1S/C17H29N3S/c1-3-11-18-17(9-6-12-20(2)13-10-17)16-19-14-7-4-5-8-15(14)21-16/h18H,3-13H2,1-2H3. The Bertz CT molecular complexity index is 443. The fourth-order valence-electron chi connectivity index (χ4n) is 3.66. The molecule has 21 heavy (non-hydrogen) atoms. The molecule has 3 rings (SSSR count). The smallest absolute Gasteiger partial charge is 0.113 e. The summed E-state index contributed by atoms with van der Waals surface area (Å²) in [7, 11) is 2.25. The van der Waals surface area contributed by atoms with Gasteiger partial charge in [-0.25, -0.2) is 4.98 Å². The van der Waals surface area contributed by atoms with Crippen LogP contribution in [-0.2, 0) is 18.4 Å². The first-order valence-electron chi connectivity index (χ1n) is 8.66. The van der Waals surface area contributed by atoms with E-state index in [9.17, 15) is 0 Å². The highest BCUT2D eigenvalue weighted by Gasteiger charge is 2.37. The Kier molecular flexibility index (Phi) is 4.97. The monoisotopic (exact) mass is 307 g/mol. The lowest BCUT2D eigenvalue weighted by Crippen LogP contribution is -2.43. The largest absolute Gasteiger partial charge is 0.306 e. The van der Waals surface area contributed by atoms with Crippen LogP contribution in [0, 0.1) is 0 Å². The van der Waals surface area contributed by atoms with E-state index in [0.717, 1.165) is 6.54 Å². The van der Waals surface area contributed by atoms with E-state index in [2.05, 4.69) is 24.2 Å². The molecule has 3 nitrogen and oxygen atoms in total. The van der Waals surface area contributed by atoms with Crippen LogP contribution in [0.4, 0.5) is 0 Å². The number of nitrogens with zero attached hydrogens (tertiary/aromatic N) is 2. The molecule has 1 atom stereocenters. The van der Waals surface area contributed by atoms with Gasteiger partial charge >= 0.3 is 0 Å². The third-order valence-corrected chi connectivity index (χ3v) is 6.39. The van der Waals surface area contributed by atoms with Gasteiger partial charge in [-0.3, -0.25) is 0 Å². The van der Waals surface area contributed by atoms with Crippen LogP contribution in [0.2, 0.25) is 0 Å². The van der Waals surface area contributed by atoms with Crippen LogP contribution in [0.1, 0.15) is 61.0 Å². The zero-order chi connectivity index (χ0) is 14.7. The number of aryl methyl sites for hydroxylation is 2. The van der Waals surface area contributed by atoms with Gasteiger partial charge in [0, 0.05) is 11.4 Å². The molecule has 0 aromatic carbocycles. The van der Waals surface area contributed by atoms with E-state index in [0.29, 0.717) is 0 Å². The molecule has 1 N–H and O–H groups in total. The van der Waals surface area contributed by atoms with Crippen molar-refractivity contribution < 1.29 is 0 Å². The molecule has 2 aliphatic rings. The Hall–Kier alpha value is -0.450. The maximum atomic E-state index is 5.10. The first-order valence-corrected chi connectivity index (χ1v) is 9.48. The summed E-state index contributed by atoms with van der Waals surface area (Å²) in [6.45, 7) is 5.77. The summed E-state index contributed by atoms with van der Waals surface area (Å²) in [4.78, 5) is 9.15. The quantitative estimate of drug-likeness (QED) is 0.925. The van der Waals surface area contributed by atoms with E-state index in [1.165, 1.54) is 75.2 Å². The zero-order valence-corrected chi connectivity index (χ0v) is 14.4. The van der Waals surface area contributed by atoms with E-state index in [1.54, 1.807) is 4.88 Å². The molecule has 1 aliphatic heterocycles. The summed E-state index contributed by atoms with van der Waals surface area (Å²) in [6, 6.07) is 0. The van der Waals surface area contributed by atoms with Crippen molar-refractivity contribution in [2.75, 3.05) is 26.7 Å². The SMILES string of the molecule is CCCNC1(c2nc3c(s2)CCCC3)CCCN(C)CC1. The van der Waals surface area contributed by atoms with Crippen molar-refractivity contribution in [2.24, 2.45) is 0 Å². The number of thiazole rings is 1. The summed E-state index contributed by atoms with van der Waals surface area (Å²) in [6.07, 6.45) is 10.1. The number of aromatic nitrogens is 1. The van der Waals surface area contributed by atoms with Gasteiger partial charge in [-0.2, -0.15) is 0 Å². The van der Waals surface area contributed by atoms with Crippen LogP contribution in [0.5, 0.6) is 0 Å². The van der Waals surface area contributed by atoms with Crippen LogP contribution >= 0.6 is 11.3 Å². The minimum Gasteiger partial charge on any atom is -0.306 e. The van der Waals surface area contributed by atoms with Gasteiger partial charge < -0.3 is 10.2 Å². The van der Waals surface area contributed by atoms with Crippen LogP contribution < -0.4 is 5.32 Å². The molecule has 1 aromatic rings. The predicted molar refractivity (Wildman–Crippen MR) is 90.1 cm³/mol. The summed E-state index contributed by atoms with van der Waals surface area (Å²) < 4.78 is 0. The van der Waals surface area contributed by atoms with Crippen molar-refractivity contribution in [3.05, 3.63) is 15.6 Å². The van der Waals surface area contributed by atoms with Crippen molar-refractivity contribution in [3.63, 3.8) is 0 Å². The second-order valence-electron chi connectivity index (χ2n) is 6.76. The molecular weight excluding hydrogens is 278 g/mol. The maximum Gasteiger partial charge on any atom is 0.113 e. The Morgan fingerprint density at radius 1 is 1.19 bits per heavy atom. The Balaban J connectivity index is 1.88. The molecule has 0 saturated carbocycles. The fraction of sp³-hybridized carbons (Fsp3) is 0.824. The summed E-state index contributed by atoms with van der Waals surface area (Å²) in [5.74, 6) is 0. The molecule has 1 unspecified atom stereocenters. The first kappa shape index (κ1) is 15.4. The lowest BCUT2D eigenvalue weighted by Gasteiger charge is -2.32. The van der Waals surface area contributed by atoms with Crippen LogP contribution in [0.3, 0.4) is 0 Å². The van der Waals surface area contributed by atoms with Gasteiger partial charge in [-0.1, -0.05) is 6.92 Å². The van der Waals surface area contributed by atoms with Gasteiger partial charge in [-0.15, -0.1) is 11.3 Å². The molecule has 1 fully saturated rings. The summed E-state index contributed by atoms with van der Waals surface area (Å²) >= 11 is 2.01. The first-order chi connectivity index (χ1) is 10.2. The van der Waals surface area contributed by atoms with Crippen molar-refractivity contribution in [3.8, 4) is 0 Å². The highest BCUT2D eigenvalue weighted by molar-refractivity contribution is 7.11. The van der Waals surface area contributed by atoms with E-state index in [-0.39, 0.29) is 5.54 Å². The van der Waals surface area contributed by atoms with Gasteiger partial charge in [0.1, 0.15) is 5.01 Å². The lowest BCUT2D eigenvalue weighted by atomic mass is 9.90. The number of fused-ring (bicyclic) bond motifs is 1. The van der Waals surface area contributed by atoms with E-state index in [1.807, 2.05) is 11.3 Å². The highest BCUT2D eigenvalue weighted by Crippen LogP contribution is 2.38. The van der Waals surface area contributed by atoms with Crippen LogP contribution in [0.15, 0.2) is 0 Å². The van der Waals surface area contributed by atoms with Gasteiger partial charge in [0.25, 0.3) is 0 Å². The molecule has 1 saturated heterocycles. The summed E-state index contributed by atoms with van der Waals surface area (Å²) in [5.41, 5.74) is 1.56. The van der Waals surface area contributed by atoms with Crippen LogP contribution in [0.25, 0.3) is 0 Å². The molecule has 4 heteroatoms. The molecule has 1 aliphatic carbocycles. The Morgan fingerprint density at radius 2 is 2.05 bits per heavy atom. The van der Waals surface area contributed by atoms with E-state index < -0.39 is 0 Å². The van der Waals surface area contributed by atoms with Crippen molar-refractivity contribution in [1.29, 1.82) is 0 Å². The van der Waals surface area contributed by atoms with Gasteiger partial charge in [0.05, 0.1) is 11.2 Å². The average Bonchev–Trinajstić information content (AvgIpc) is 2.85.